The molecule has 0 spiro atoms. The highest BCUT2D eigenvalue weighted by Gasteiger charge is 2.25. The summed E-state index contributed by atoms with van der Waals surface area (Å²) in [5, 5.41) is 7.63. The number of hydrogen-bond acceptors (Lipinski definition) is 4. The summed E-state index contributed by atoms with van der Waals surface area (Å²) in [6.45, 7) is 5.90. The maximum absolute atomic E-state index is 12.8. The molecule has 7 heteroatoms. The molecular weight excluding hydrogens is 390 g/mol. The van der Waals surface area contributed by atoms with E-state index in [4.69, 9.17) is 0 Å². The number of carbonyl (C=O) groups is 2. The van der Waals surface area contributed by atoms with Crippen LogP contribution in [0.25, 0.3) is 0 Å². The zero-order chi connectivity index (χ0) is 21.8. The van der Waals surface area contributed by atoms with Crippen LogP contribution in [0.2, 0.25) is 0 Å². The molecule has 1 aliphatic heterocycles. The van der Waals surface area contributed by atoms with Crippen LogP contribution in [0.15, 0.2) is 54.9 Å². The average Bonchev–Trinajstić information content (AvgIpc) is 3.11. The monoisotopic (exact) mass is 417 g/mol. The number of piperidine rings is 1. The van der Waals surface area contributed by atoms with Gasteiger partial charge in [-0.2, -0.15) is 5.10 Å². The molecule has 2 aromatic heterocycles. The van der Waals surface area contributed by atoms with Crippen molar-refractivity contribution in [1.29, 1.82) is 0 Å². The number of pyridine rings is 1. The molecule has 1 aromatic carbocycles. The zero-order valence-corrected chi connectivity index (χ0v) is 17.9. The van der Waals surface area contributed by atoms with Crippen LogP contribution in [-0.2, 0) is 6.54 Å². The highest BCUT2D eigenvalue weighted by atomic mass is 16.2. The standard InChI is InChI=1S/C24H27N5O2/c1-17-14-18(2)29(27-17)16-19-4-3-5-21(15-19)23(30)26-22-8-12-28(13-9-22)24(31)20-6-10-25-11-7-20/h3-7,10-11,14-15,22H,8-9,12-13,16H2,1-2H3,(H,26,30). The highest BCUT2D eigenvalue weighted by Crippen LogP contribution is 2.15. The first-order valence-corrected chi connectivity index (χ1v) is 10.6. The van der Waals surface area contributed by atoms with Crippen molar-refractivity contribution in [3.05, 3.63) is 82.9 Å². The van der Waals surface area contributed by atoms with Gasteiger partial charge in [0.2, 0.25) is 0 Å². The predicted octanol–water partition coefficient (Wildman–Crippen LogP) is 2.98. The van der Waals surface area contributed by atoms with Crippen molar-refractivity contribution in [2.24, 2.45) is 0 Å². The first-order chi connectivity index (χ1) is 15.0. The third-order valence-corrected chi connectivity index (χ3v) is 5.67. The maximum Gasteiger partial charge on any atom is 0.253 e. The van der Waals surface area contributed by atoms with Crippen molar-refractivity contribution in [1.82, 2.24) is 25.0 Å². The molecule has 3 heterocycles. The van der Waals surface area contributed by atoms with E-state index in [1.165, 1.54) is 0 Å². The van der Waals surface area contributed by atoms with Crippen LogP contribution in [-0.4, -0.2) is 50.6 Å². The molecule has 2 amide bonds. The van der Waals surface area contributed by atoms with E-state index in [0.717, 1.165) is 29.8 Å². The molecule has 1 fully saturated rings. The number of rotatable bonds is 5. The smallest absolute Gasteiger partial charge is 0.253 e. The van der Waals surface area contributed by atoms with E-state index in [9.17, 15) is 9.59 Å². The fourth-order valence-electron chi connectivity index (χ4n) is 3.99. The summed E-state index contributed by atoms with van der Waals surface area (Å²) >= 11 is 0. The number of carbonyl (C=O) groups excluding carboxylic acids is 2. The van der Waals surface area contributed by atoms with Crippen LogP contribution in [0.1, 0.15) is 50.5 Å². The minimum Gasteiger partial charge on any atom is -0.349 e. The molecule has 31 heavy (non-hydrogen) atoms. The van der Waals surface area contributed by atoms with Crippen LogP contribution in [0, 0.1) is 13.8 Å². The topological polar surface area (TPSA) is 80.1 Å². The van der Waals surface area contributed by atoms with Gasteiger partial charge in [0.05, 0.1) is 12.2 Å². The van der Waals surface area contributed by atoms with E-state index in [2.05, 4.69) is 15.4 Å². The van der Waals surface area contributed by atoms with E-state index < -0.39 is 0 Å². The number of likely N-dealkylation sites (tertiary alicyclic amines) is 1. The third-order valence-electron chi connectivity index (χ3n) is 5.67. The summed E-state index contributed by atoms with van der Waals surface area (Å²) in [4.78, 5) is 31.2. The van der Waals surface area contributed by atoms with Gasteiger partial charge < -0.3 is 10.2 Å². The quantitative estimate of drug-likeness (QED) is 0.692. The maximum atomic E-state index is 12.8. The fraction of sp³-hybridized carbons (Fsp3) is 0.333. The Hall–Kier alpha value is -3.48. The van der Waals surface area contributed by atoms with Crippen molar-refractivity contribution >= 4 is 11.8 Å². The van der Waals surface area contributed by atoms with Gasteiger partial charge in [0.25, 0.3) is 11.8 Å². The molecule has 1 N–H and O–H groups in total. The van der Waals surface area contributed by atoms with Gasteiger partial charge in [-0.25, -0.2) is 0 Å². The minimum atomic E-state index is -0.0749. The first kappa shape index (κ1) is 20.8. The van der Waals surface area contributed by atoms with Crippen molar-refractivity contribution in [2.45, 2.75) is 39.3 Å². The molecule has 0 radical (unpaired) electrons. The first-order valence-electron chi connectivity index (χ1n) is 10.6. The van der Waals surface area contributed by atoms with E-state index >= 15 is 0 Å². The molecule has 0 aliphatic carbocycles. The third kappa shape index (κ3) is 4.99. The lowest BCUT2D eigenvalue weighted by molar-refractivity contribution is 0.0698. The van der Waals surface area contributed by atoms with Crippen LogP contribution in [0.5, 0.6) is 0 Å². The molecular formula is C24H27N5O2. The van der Waals surface area contributed by atoms with E-state index in [-0.39, 0.29) is 17.9 Å². The zero-order valence-electron chi connectivity index (χ0n) is 17.9. The Morgan fingerprint density at radius 2 is 1.77 bits per heavy atom. The van der Waals surface area contributed by atoms with Crippen LogP contribution in [0.3, 0.4) is 0 Å². The average molecular weight is 418 g/mol. The molecule has 1 aliphatic rings. The summed E-state index contributed by atoms with van der Waals surface area (Å²) in [5.41, 5.74) is 4.42. The summed E-state index contributed by atoms with van der Waals surface area (Å²) in [6, 6.07) is 13.2. The number of amides is 2. The normalized spacial score (nSPS) is 14.5. The van der Waals surface area contributed by atoms with E-state index in [1.807, 2.05) is 53.8 Å². The number of nitrogens with one attached hydrogen (secondary N) is 1. The van der Waals surface area contributed by atoms with Crippen molar-refractivity contribution in [3.63, 3.8) is 0 Å². The van der Waals surface area contributed by atoms with Crippen LogP contribution < -0.4 is 5.32 Å². The molecule has 0 atom stereocenters. The van der Waals surface area contributed by atoms with Gasteiger partial charge in [0.1, 0.15) is 0 Å². The minimum absolute atomic E-state index is 0.0176. The van der Waals surface area contributed by atoms with Crippen molar-refractivity contribution in [2.75, 3.05) is 13.1 Å². The molecule has 0 saturated carbocycles. The molecule has 160 valence electrons. The lowest BCUT2D eigenvalue weighted by Crippen LogP contribution is -2.46. The lowest BCUT2D eigenvalue weighted by Gasteiger charge is -2.32. The van der Waals surface area contributed by atoms with Crippen molar-refractivity contribution < 1.29 is 9.59 Å². The van der Waals surface area contributed by atoms with Gasteiger partial charge in [-0.15, -0.1) is 0 Å². The van der Waals surface area contributed by atoms with Gasteiger partial charge in [0, 0.05) is 48.3 Å². The molecule has 4 rings (SSSR count). The Kier molecular flexibility index (Phi) is 6.11. The van der Waals surface area contributed by atoms with Gasteiger partial charge >= 0.3 is 0 Å². The summed E-state index contributed by atoms with van der Waals surface area (Å²) in [6.07, 6.45) is 4.74. The van der Waals surface area contributed by atoms with Gasteiger partial charge in [-0.05, 0) is 62.6 Å². The summed E-state index contributed by atoms with van der Waals surface area (Å²) < 4.78 is 1.95. The molecule has 1 saturated heterocycles. The van der Waals surface area contributed by atoms with E-state index in [0.29, 0.717) is 30.8 Å². The molecule has 0 unspecified atom stereocenters. The number of aromatic nitrogens is 3. The van der Waals surface area contributed by atoms with E-state index in [1.54, 1.807) is 24.5 Å². The molecule has 7 nitrogen and oxygen atoms in total. The molecule has 0 bridgehead atoms. The second-order valence-electron chi connectivity index (χ2n) is 8.06. The van der Waals surface area contributed by atoms with Gasteiger partial charge in [0.15, 0.2) is 0 Å². The van der Waals surface area contributed by atoms with Crippen LogP contribution in [0.4, 0.5) is 0 Å². The van der Waals surface area contributed by atoms with Crippen LogP contribution >= 0.6 is 0 Å². The summed E-state index contributed by atoms with van der Waals surface area (Å²) in [7, 11) is 0. The second kappa shape index (κ2) is 9.12. The number of benzene rings is 1. The van der Waals surface area contributed by atoms with Gasteiger partial charge in [-0.1, -0.05) is 12.1 Å². The van der Waals surface area contributed by atoms with Crippen molar-refractivity contribution in [3.8, 4) is 0 Å². The van der Waals surface area contributed by atoms with Gasteiger partial charge in [-0.3, -0.25) is 19.3 Å². The second-order valence-corrected chi connectivity index (χ2v) is 8.06. The largest absolute Gasteiger partial charge is 0.349 e. The SMILES string of the molecule is Cc1cc(C)n(Cc2cccc(C(=O)NC3CCN(C(=O)c4ccncc4)CC3)c2)n1. The summed E-state index contributed by atoms with van der Waals surface area (Å²) in [5.74, 6) is -0.0573. The highest BCUT2D eigenvalue weighted by molar-refractivity contribution is 5.95. The predicted molar refractivity (Wildman–Crippen MR) is 118 cm³/mol. The number of aryl methyl sites for hydroxylation is 2. The molecule has 3 aromatic rings. The Morgan fingerprint density at radius 3 is 2.45 bits per heavy atom. The Bertz CT molecular complexity index is 1070. The fourth-order valence-corrected chi connectivity index (χ4v) is 3.99. The Balaban J connectivity index is 1.33. The number of nitrogens with zero attached hydrogens (tertiary/aromatic N) is 4. The lowest BCUT2D eigenvalue weighted by atomic mass is 10.0. The Labute approximate surface area is 182 Å². The Morgan fingerprint density at radius 1 is 1.03 bits per heavy atom. The number of hydrogen-bond donors (Lipinski definition) is 1.